The van der Waals surface area contributed by atoms with Crippen LogP contribution in [0.25, 0.3) is 0 Å². The maximum absolute atomic E-state index is 12.4. The molecule has 0 unspecified atom stereocenters. The Balaban J connectivity index is 2.18. The van der Waals surface area contributed by atoms with Gasteiger partial charge in [-0.2, -0.15) is 5.10 Å². The number of anilines is 1. The summed E-state index contributed by atoms with van der Waals surface area (Å²) in [5.41, 5.74) is 5.22. The van der Waals surface area contributed by atoms with Crippen molar-refractivity contribution in [2.45, 2.75) is 20.8 Å². The summed E-state index contributed by atoms with van der Waals surface area (Å²) in [6.45, 7) is 4.74. The number of aryl methyl sites for hydroxylation is 2. The van der Waals surface area contributed by atoms with Gasteiger partial charge in [0.1, 0.15) is 6.54 Å². The summed E-state index contributed by atoms with van der Waals surface area (Å²) < 4.78 is 25.6. The number of nitro groups is 1. The number of nitro benzene ring substituents is 1. The number of non-ortho nitro benzene ring substituents is 1. The van der Waals surface area contributed by atoms with E-state index in [0.717, 1.165) is 21.7 Å². The quantitative estimate of drug-likeness (QED) is 0.421. The van der Waals surface area contributed by atoms with Crippen LogP contribution in [0, 0.1) is 24.0 Å². The Labute approximate surface area is 169 Å². The van der Waals surface area contributed by atoms with Crippen LogP contribution in [0.1, 0.15) is 23.6 Å². The number of hydrogen-bond donors (Lipinski definition) is 1. The fraction of sp³-hybridized carbons (Fsp3) is 0.263. The molecule has 2 aromatic carbocycles. The van der Waals surface area contributed by atoms with Gasteiger partial charge < -0.3 is 0 Å². The van der Waals surface area contributed by atoms with Crippen molar-refractivity contribution in [2.75, 3.05) is 17.1 Å². The van der Waals surface area contributed by atoms with Crippen LogP contribution in [0.2, 0.25) is 0 Å². The van der Waals surface area contributed by atoms with E-state index in [1.807, 2.05) is 6.07 Å². The molecule has 0 aliphatic heterocycles. The number of nitrogens with one attached hydrogen (secondary N) is 1. The standard InChI is InChI=1S/C19H22N4O5S/c1-13-6-5-7-14(2)19(13)22(29(4,27)28)12-18(24)21-20-15(3)16-8-10-17(11-9-16)23(25)26/h5-11H,12H2,1-4H3,(H,21,24)/b20-15+. The van der Waals surface area contributed by atoms with Gasteiger partial charge in [-0.3, -0.25) is 19.2 Å². The summed E-state index contributed by atoms with van der Waals surface area (Å²) in [5, 5.41) is 14.7. The zero-order valence-electron chi connectivity index (χ0n) is 16.5. The van der Waals surface area contributed by atoms with Gasteiger partial charge in [-0.15, -0.1) is 0 Å². The largest absolute Gasteiger partial charge is 0.271 e. The first kappa shape index (κ1) is 22.0. The first-order chi connectivity index (χ1) is 13.5. The van der Waals surface area contributed by atoms with Gasteiger partial charge >= 0.3 is 0 Å². The van der Waals surface area contributed by atoms with E-state index in [0.29, 0.717) is 17.0 Å². The molecule has 1 amide bonds. The van der Waals surface area contributed by atoms with Crippen molar-refractivity contribution in [3.63, 3.8) is 0 Å². The summed E-state index contributed by atoms with van der Waals surface area (Å²) in [6, 6.07) is 11.1. The molecular formula is C19H22N4O5S. The second-order valence-corrected chi connectivity index (χ2v) is 8.45. The molecule has 0 saturated carbocycles. The average Bonchev–Trinajstić information content (AvgIpc) is 2.64. The summed E-state index contributed by atoms with van der Waals surface area (Å²) in [6.07, 6.45) is 1.04. The minimum Gasteiger partial charge on any atom is -0.271 e. The van der Waals surface area contributed by atoms with Crippen molar-refractivity contribution >= 4 is 33.0 Å². The van der Waals surface area contributed by atoms with Gasteiger partial charge in [0.05, 0.1) is 22.6 Å². The molecular weight excluding hydrogens is 396 g/mol. The van der Waals surface area contributed by atoms with E-state index in [1.165, 1.54) is 24.3 Å². The monoisotopic (exact) mass is 418 g/mol. The van der Waals surface area contributed by atoms with Crippen LogP contribution in [0.3, 0.4) is 0 Å². The van der Waals surface area contributed by atoms with E-state index in [1.54, 1.807) is 32.9 Å². The normalized spacial score (nSPS) is 11.8. The molecule has 10 heteroatoms. The highest BCUT2D eigenvalue weighted by Crippen LogP contribution is 2.26. The fourth-order valence-corrected chi connectivity index (χ4v) is 3.73. The highest BCUT2D eigenvalue weighted by Gasteiger charge is 2.23. The minimum atomic E-state index is -3.70. The first-order valence-corrected chi connectivity index (χ1v) is 10.5. The Kier molecular flexibility index (Phi) is 6.70. The van der Waals surface area contributed by atoms with Crippen LogP contribution >= 0.6 is 0 Å². The molecule has 0 saturated heterocycles. The average molecular weight is 418 g/mol. The van der Waals surface area contributed by atoms with Crippen LogP contribution < -0.4 is 9.73 Å². The van der Waals surface area contributed by atoms with Crippen LogP contribution in [-0.4, -0.2) is 37.8 Å². The number of carbonyl (C=O) groups excluding carboxylic acids is 1. The van der Waals surface area contributed by atoms with E-state index < -0.39 is 27.4 Å². The van der Waals surface area contributed by atoms with Crippen molar-refractivity contribution < 1.29 is 18.1 Å². The third-order valence-electron chi connectivity index (χ3n) is 4.22. The van der Waals surface area contributed by atoms with E-state index in [2.05, 4.69) is 10.5 Å². The van der Waals surface area contributed by atoms with Crippen molar-refractivity contribution in [2.24, 2.45) is 5.10 Å². The number of rotatable bonds is 7. The lowest BCUT2D eigenvalue weighted by Gasteiger charge is -2.25. The Hall–Kier alpha value is -3.27. The smallest absolute Gasteiger partial charge is 0.269 e. The highest BCUT2D eigenvalue weighted by atomic mass is 32.2. The molecule has 1 N–H and O–H groups in total. The number of carbonyl (C=O) groups is 1. The zero-order chi connectivity index (χ0) is 21.8. The molecule has 2 aromatic rings. The number of hydrazone groups is 1. The minimum absolute atomic E-state index is 0.0528. The summed E-state index contributed by atoms with van der Waals surface area (Å²) in [7, 11) is -3.70. The number of para-hydroxylation sites is 1. The van der Waals surface area contributed by atoms with Gasteiger partial charge in [-0.25, -0.2) is 13.8 Å². The molecule has 0 fully saturated rings. The first-order valence-electron chi connectivity index (χ1n) is 8.62. The van der Waals surface area contributed by atoms with Gasteiger partial charge in [0.25, 0.3) is 11.6 Å². The molecule has 0 radical (unpaired) electrons. The molecule has 0 aromatic heterocycles. The zero-order valence-corrected chi connectivity index (χ0v) is 17.4. The molecule has 9 nitrogen and oxygen atoms in total. The van der Waals surface area contributed by atoms with E-state index in [9.17, 15) is 23.3 Å². The summed E-state index contributed by atoms with van der Waals surface area (Å²) >= 11 is 0. The SMILES string of the molecule is C/C(=N\NC(=O)CN(c1c(C)cccc1C)S(C)(=O)=O)c1ccc([N+](=O)[O-])cc1. The number of nitrogens with zero attached hydrogens (tertiary/aromatic N) is 3. The van der Waals surface area contributed by atoms with Crippen LogP contribution in [-0.2, 0) is 14.8 Å². The number of benzene rings is 2. The van der Waals surface area contributed by atoms with E-state index >= 15 is 0 Å². The Morgan fingerprint density at radius 1 is 1.14 bits per heavy atom. The predicted octanol–water partition coefficient (Wildman–Crippen LogP) is 2.52. The number of hydrogen-bond acceptors (Lipinski definition) is 6. The number of amides is 1. The van der Waals surface area contributed by atoms with Crippen molar-refractivity contribution in [1.82, 2.24) is 5.43 Å². The van der Waals surface area contributed by atoms with Crippen LogP contribution in [0.5, 0.6) is 0 Å². The second-order valence-electron chi connectivity index (χ2n) is 6.55. The predicted molar refractivity (Wildman–Crippen MR) is 112 cm³/mol. The lowest BCUT2D eigenvalue weighted by Crippen LogP contribution is -2.40. The van der Waals surface area contributed by atoms with Crippen LogP contribution in [0.15, 0.2) is 47.6 Å². The molecule has 0 spiro atoms. The summed E-state index contributed by atoms with van der Waals surface area (Å²) in [4.78, 5) is 22.6. The molecule has 0 heterocycles. The number of sulfonamides is 1. The Morgan fingerprint density at radius 3 is 2.17 bits per heavy atom. The molecule has 0 bridgehead atoms. The molecule has 0 aliphatic carbocycles. The molecule has 0 atom stereocenters. The maximum Gasteiger partial charge on any atom is 0.269 e. The third kappa shape index (κ3) is 5.61. The van der Waals surface area contributed by atoms with Gasteiger partial charge in [0, 0.05) is 12.1 Å². The molecule has 154 valence electrons. The summed E-state index contributed by atoms with van der Waals surface area (Å²) in [5.74, 6) is -0.612. The third-order valence-corrected chi connectivity index (χ3v) is 5.33. The topological polar surface area (TPSA) is 122 Å². The molecule has 29 heavy (non-hydrogen) atoms. The van der Waals surface area contributed by atoms with Gasteiger partial charge in [-0.05, 0) is 49.6 Å². The maximum atomic E-state index is 12.4. The van der Waals surface area contributed by atoms with E-state index in [-0.39, 0.29) is 5.69 Å². The van der Waals surface area contributed by atoms with Crippen molar-refractivity contribution in [3.8, 4) is 0 Å². The van der Waals surface area contributed by atoms with Crippen molar-refractivity contribution in [1.29, 1.82) is 0 Å². The Morgan fingerprint density at radius 2 is 1.69 bits per heavy atom. The lowest BCUT2D eigenvalue weighted by molar-refractivity contribution is -0.384. The molecule has 2 rings (SSSR count). The second kappa shape index (κ2) is 8.82. The van der Waals surface area contributed by atoms with Crippen LogP contribution in [0.4, 0.5) is 11.4 Å². The Bertz CT molecular complexity index is 1040. The van der Waals surface area contributed by atoms with Gasteiger partial charge in [-0.1, -0.05) is 18.2 Å². The van der Waals surface area contributed by atoms with Crippen molar-refractivity contribution in [3.05, 3.63) is 69.3 Å². The van der Waals surface area contributed by atoms with Gasteiger partial charge in [0.2, 0.25) is 10.0 Å². The molecule has 0 aliphatic rings. The lowest BCUT2D eigenvalue weighted by atomic mass is 10.1. The van der Waals surface area contributed by atoms with Gasteiger partial charge in [0.15, 0.2) is 0 Å². The fourth-order valence-electron chi connectivity index (χ4n) is 2.76. The highest BCUT2D eigenvalue weighted by molar-refractivity contribution is 7.92. The van der Waals surface area contributed by atoms with E-state index in [4.69, 9.17) is 0 Å².